The molecule has 1 spiro atoms. The van der Waals surface area contributed by atoms with Gasteiger partial charge in [-0.25, -0.2) is 0 Å². The van der Waals surface area contributed by atoms with E-state index < -0.39 is 5.60 Å². The lowest BCUT2D eigenvalue weighted by molar-refractivity contribution is -0.148. The Morgan fingerprint density at radius 1 is 1.19 bits per heavy atom. The third kappa shape index (κ3) is 1.46. The molecule has 0 aromatic heterocycles. The van der Waals surface area contributed by atoms with Gasteiger partial charge in [-0.1, -0.05) is 20.8 Å². The number of aliphatic hydroxyl groups is 1. The fraction of sp³-hybridized carbons (Fsp3) is 0.929. The van der Waals surface area contributed by atoms with Crippen LogP contribution in [-0.2, 0) is 4.79 Å². The number of Topliss-reactive ketones (excluding diaryl/α,β-unsaturated/α-hetero) is 1. The largest absolute Gasteiger partial charge is 0.382 e. The van der Waals surface area contributed by atoms with Crippen LogP contribution in [0.1, 0.15) is 53.4 Å². The fourth-order valence-corrected chi connectivity index (χ4v) is 4.41. The summed E-state index contributed by atoms with van der Waals surface area (Å²) in [5.74, 6) is 1.65. The van der Waals surface area contributed by atoms with E-state index >= 15 is 0 Å². The maximum absolute atomic E-state index is 11.9. The summed E-state index contributed by atoms with van der Waals surface area (Å²) in [7, 11) is 0. The molecule has 2 aliphatic carbocycles. The van der Waals surface area contributed by atoms with E-state index in [1.54, 1.807) is 6.92 Å². The first-order chi connectivity index (χ1) is 7.29. The summed E-state index contributed by atoms with van der Waals surface area (Å²) in [6.07, 6.45) is 3.82. The summed E-state index contributed by atoms with van der Waals surface area (Å²) in [5, 5.41) is 10.6. The average molecular weight is 224 g/mol. The van der Waals surface area contributed by atoms with Crippen LogP contribution in [0.3, 0.4) is 0 Å². The third-order valence-corrected chi connectivity index (χ3v) is 5.18. The van der Waals surface area contributed by atoms with Crippen molar-refractivity contribution in [2.75, 3.05) is 0 Å². The normalized spacial score (nSPS) is 53.6. The lowest BCUT2D eigenvalue weighted by Gasteiger charge is -2.49. The van der Waals surface area contributed by atoms with E-state index in [0.29, 0.717) is 24.2 Å². The SMILES string of the molecule is CC1C[C@H](C)CC2(C1)[C@@H](C)CC(=O)[C@]2(C)O. The van der Waals surface area contributed by atoms with Crippen molar-refractivity contribution in [3.8, 4) is 0 Å². The zero-order chi connectivity index (χ0) is 12.1. The van der Waals surface area contributed by atoms with Gasteiger partial charge in [-0.15, -0.1) is 0 Å². The van der Waals surface area contributed by atoms with E-state index in [1.807, 2.05) is 0 Å². The van der Waals surface area contributed by atoms with Gasteiger partial charge in [0, 0.05) is 11.8 Å². The molecular formula is C14H24O2. The Balaban J connectivity index is 2.38. The van der Waals surface area contributed by atoms with Crippen molar-refractivity contribution >= 4 is 5.78 Å². The summed E-state index contributed by atoms with van der Waals surface area (Å²) in [4.78, 5) is 11.9. The van der Waals surface area contributed by atoms with Gasteiger partial charge in [0.2, 0.25) is 0 Å². The lowest BCUT2D eigenvalue weighted by Crippen LogP contribution is -2.51. The topological polar surface area (TPSA) is 37.3 Å². The molecule has 2 aliphatic rings. The molecule has 0 saturated heterocycles. The highest BCUT2D eigenvalue weighted by Gasteiger charge is 2.61. The van der Waals surface area contributed by atoms with Crippen LogP contribution in [0.2, 0.25) is 0 Å². The van der Waals surface area contributed by atoms with Gasteiger partial charge in [-0.3, -0.25) is 4.79 Å². The number of ketones is 1. The Kier molecular flexibility index (Phi) is 2.69. The molecule has 0 amide bonds. The highest BCUT2D eigenvalue weighted by atomic mass is 16.3. The molecule has 92 valence electrons. The van der Waals surface area contributed by atoms with Crippen LogP contribution >= 0.6 is 0 Å². The lowest BCUT2D eigenvalue weighted by atomic mass is 9.57. The molecular weight excluding hydrogens is 200 g/mol. The van der Waals surface area contributed by atoms with Crippen molar-refractivity contribution in [3.05, 3.63) is 0 Å². The third-order valence-electron chi connectivity index (χ3n) is 5.18. The van der Waals surface area contributed by atoms with Crippen molar-refractivity contribution in [2.24, 2.45) is 23.2 Å². The number of carbonyl (C=O) groups is 1. The molecule has 2 unspecified atom stereocenters. The molecule has 0 aromatic carbocycles. The second-order valence-corrected chi connectivity index (χ2v) is 6.61. The van der Waals surface area contributed by atoms with Crippen molar-refractivity contribution in [3.63, 3.8) is 0 Å². The van der Waals surface area contributed by atoms with Crippen molar-refractivity contribution in [1.29, 1.82) is 0 Å². The maximum Gasteiger partial charge on any atom is 0.164 e. The molecule has 0 aromatic rings. The fourth-order valence-electron chi connectivity index (χ4n) is 4.41. The van der Waals surface area contributed by atoms with Gasteiger partial charge in [0.1, 0.15) is 5.60 Å². The second kappa shape index (κ2) is 3.56. The molecule has 2 saturated carbocycles. The van der Waals surface area contributed by atoms with Gasteiger partial charge in [-0.2, -0.15) is 0 Å². The summed E-state index contributed by atoms with van der Waals surface area (Å²) >= 11 is 0. The van der Waals surface area contributed by atoms with E-state index in [1.165, 1.54) is 6.42 Å². The van der Waals surface area contributed by atoms with Crippen LogP contribution in [0, 0.1) is 23.2 Å². The van der Waals surface area contributed by atoms with Crippen molar-refractivity contribution in [2.45, 2.75) is 59.0 Å². The molecule has 2 nitrogen and oxygen atoms in total. The molecule has 16 heavy (non-hydrogen) atoms. The van der Waals surface area contributed by atoms with Crippen LogP contribution in [0.25, 0.3) is 0 Å². The quantitative estimate of drug-likeness (QED) is 0.687. The predicted molar refractivity (Wildman–Crippen MR) is 64.0 cm³/mol. The van der Waals surface area contributed by atoms with Gasteiger partial charge in [-0.05, 0) is 43.9 Å². The van der Waals surface area contributed by atoms with Crippen LogP contribution < -0.4 is 0 Å². The molecule has 2 rings (SSSR count). The van der Waals surface area contributed by atoms with Gasteiger partial charge in [0.05, 0.1) is 0 Å². The monoisotopic (exact) mass is 224 g/mol. The molecule has 0 bridgehead atoms. The molecule has 0 heterocycles. The molecule has 2 heteroatoms. The first kappa shape index (κ1) is 12.1. The summed E-state index contributed by atoms with van der Waals surface area (Å²) in [5.41, 5.74) is -1.24. The number of hydrogen-bond donors (Lipinski definition) is 1. The first-order valence-electron chi connectivity index (χ1n) is 6.55. The molecule has 1 N–H and O–H groups in total. The Morgan fingerprint density at radius 3 is 2.06 bits per heavy atom. The predicted octanol–water partition coefficient (Wildman–Crippen LogP) is 2.79. The summed E-state index contributed by atoms with van der Waals surface area (Å²) < 4.78 is 0. The molecule has 5 atom stereocenters. The Bertz CT molecular complexity index is 296. The number of carbonyl (C=O) groups excluding carboxylic acids is 1. The standard InChI is InChI=1S/C14H24O2/c1-9-5-10(2)8-14(7-9)11(3)6-12(15)13(14,4)16/h9-11,16H,5-8H2,1-4H3/t9-,10?,11-,13-,14?/m0/s1. The van der Waals surface area contributed by atoms with Gasteiger partial charge < -0.3 is 5.11 Å². The zero-order valence-corrected chi connectivity index (χ0v) is 10.9. The van der Waals surface area contributed by atoms with Crippen LogP contribution in [-0.4, -0.2) is 16.5 Å². The Hall–Kier alpha value is -0.370. The van der Waals surface area contributed by atoms with Gasteiger partial charge >= 0.3 is 0 Å². The summed E-state index contributed by atoms with van der Waals surface area (Å²) in [6.45, 7) is 8.40. The molecule has 0 radical (unpaired) electrons. The van der Waals surface area contributed by atoms with Crippen molar-refractivity contribution < 1.29 is 9.90 Å². The van der Waals surface area contributed by atoms with E-state index in [0.717, 1.165) is 12.8 Å². The Labute approximate surface area is 98.4 Å². The van der Waals surface area contributed by atoms with Crippen molar-refractivity contribution in [1.82, 2.24) is 0 Å². The molecule has 2 fully saturated rings. The smallest absolute Gasteiger partial charge is 0.164 e. The van der Waals surface area contributed by atoms with Crippen LogP contribution in [0.4, 0.5) is 0 Å². The highest BCUT2D eigenvalue weighted by molar-refractivity contribution is 5.90. The first-order valence-corrected chi connectivity index (χ1v) is 6.55. The van der Waals surface area contributed by atoms with E-state index in [2.05, 4.69) is 20.8 Å². The average Bonchev–Trinajstić information content (AvgIpc) is 2.27. The second-order valence-electron chi connectivity index (χ2n) is 6.61. The number of rotatable bonds is 0. The van der Waals surface area contributed by atoms with Crippen LogP contribution in [0.5, 0.6) is 0 Å². The minimum Gasteiger partial charge on any atom is -0.382 e. The Morgan fingerprint density at radius 2 is 1.69 bits per heavy atom. The maximum atomic E-state index is 11.9. The van der Waals surface area contributed by atoms with E-state index in [-0.39, 0.29) is 11.2 Å². The molecule has 0 aliphatic heterocycles. The number of hydrogen-bond acceptors (Lipinski definition) is 2. The van der Waals surface area contributed by atoms with Crippen LogP contribution in [0.15, 0.2) is 0 Å². The zero-order valence-electron chi connectivity index (χ0n) is 10.9. The minimum absolute atomic E-state index is 0.0568. The highest BCUT2D eigenvalue weighted by Crippen LogP contribution is 2.58. The van der Waals surface area contributed by atoms with Gasteiger partial charge in [0.25, 0.3) is 0 Å². The van der Waals surface area contributed by atoms with Gasteiger partial charge in [0.15, 0.2) is 5.78 Å². The summed E-state index contributed by atoms with van der Waals surface area (Å²) in [6, 6.07) is 0. The van der Waals surface area contributed by atoms with E-state index in [4.69, 9.17) is 0 Å². The van der Waals surface area contributed by atoms with E-state index in [9.17, 15) is 9.90 Å². The minimum atomic E-state index is -1.09.